The molecule has 1 fully saturated rings. The van der Waals surface area contributed by atoms with Crippen LogP contribution in [-0.2, 0) is 0 Å². The highest BCUT2D eigenvalue weighted by Crippen LogP contribution is 2.16. The monoisotopic (exact) mass is 424 g/mol. The van der Waals surface area contributed by atoms with Crippen molar-refractivity contribution in [3.05, 3.63) is 0 Å². The van der Waals surface area contributed by atoms with E-state index in [1.54, 1.807) is 0 Å². The standard InChI is InChI=1S/C17H36N4.HI/c1-13(2)11-21-9-7-8-16(12-21)10-19-17(18-6)20-15(5)14(3)4;/h13-16H,7-12H2,1-6H3,(H2,18,19,20);1H. The second-order valence-corrected chi connectivity index (χ2v) is 7.29. The van der Waals surface area contributed by atoms with Gasteiger partial charge < -0.3 is 15.5 Å². The first kappa shape index (κ1) is 22.0. The van der Waals surface area contributed by atoms with E-state index in [1.807, 2.05) is 7.05 Å². The molecule has 2 atom stereocenters. The van der Waals surface area contributed by atoms with Gasteiger partial charge in [0.25, 0.3) is 0 Å². The van der Waals surface area contributed by atoms with Gasteiger partial charge in [-0.3, -0.25) is 4.99 Å². The van der Waals surface area contributed by atoms with E-state index in [4.69, 9.17) is 0 Å². The molecule has 0 aromatic heterocycles. The maximum Gasteiger partial charge on any atom is 0.191 e. The maximum absolute atomic E-state index is 4.34. The summed E-state index contributed by atoms with van der Waals surface area (Å²) in [5, 5.41) is 6.99. The van der Waals surface area contributed by atoms with E-state index in [0.717, 1.165) is 24.3 Å². The second-order valence-electron chi connectivity index (χ2n) is 7.29. The van der Waals surface area contributed by atoms with Crippen LogP contribution in [0.25, 0.3) is 0 Å². The summed E-state index contributed by atoms with van der Waals surface area (Å²) in [6.45, 7) is 16.0. The van der Waals surface area contributed by atoms with E-state index in [9.17, 15) is 0 Å². The lowest BCUT2D eigenvalue weighted by molar-refractivity contribution is 0.159. The predicted molar refractivity (Wildman–Crippen MR) is 108 cm³/mol. The Kier molecular flexibility index (Phi) is 11.5. The lowest BCUT2D eigenvalue weighted by atomic mass is 9.97. The van der Waals surface area contributed by atoms with Gasteiger partial charge in [0, 0.05) is 32.7 Å². The molecule has 0 spiro atoms. The van der Waals surface area contributed by atoms with Crippen LogP contribution in [0.2, 0.25) is 0 Å². The molecule has 5 heteroatoms. The predicted octanol–water partition coefficient (Wildman–Crippen LogP) is 3.18. The molecule has 1 aliphatic heterocycles. The summed E-state index contributed by atoms with van der Waals surface area (Å²) in [6.07, 6.45) is 2.66. The first-order valence-electron chi connectivity index (χ1n) is 8.61. The van der Waals surface area contributed by atoms with E-state index >= 15 is 0 Å². The Balaban J connectivity index is 0.00000441. The Morgan fingerprint density at radius 2 is 1.91 bits per heavy atom. The molecule has 0 aliphatic carbocycles. The zero-order valence-electron chi connectivity index (χ0n) is 15.4. The maximum atomic E-state index is 4.34. The zero-order valence-corrected chi connectivity index (χ0v) is 17.7. The highest BCUT2D eigenvalue weighted by atomic mass is 127. The number of hydrogen-bond acceptors (Lipinski definition) is 2. The normalized spacial score (nSPS) is 21.6. The molecule has 0 aromatic rings. The molecule has 4 nitrogen and oxygen atoms in total. The summed E-state index contributed by atoms with van der Waals surface area (Å²) in [7, 11) is 1.86. The fourth-order valence-corrected chi connectivity index (χ4v) is 2.82. The molecular weight excluding hydrogens is 387 g/mol. The van der Waals surface area contributed by atoms with Crippen molar-refractivity contribution < 1.29 is 0 Å². The molecular formula is C17H37IN4. The quantitative estimate of drug-likeness (QED) is 0.391. The van der Waals surface area contributed by atoms with Gasteiger partial charge in [0.1, 0.15) is 0 Å². The molecule has 1 rings (SSSR count). The summed E-state index contributed by atoms with van der Waals surface area (Å²) in [6, 6.07) is 0.444. The largest absolute Gasteiger partial charge is 0.356 e. The lowest BCUT2D eigenvalue weighted by Gasteiger charge is -2.34. The highest BCUT2D eigenvalue weighted by molar-refractivity contribution is 14.0. The first-order chi connectivity index (χ1) is 9.92. The summed E-state index contributed by atoms with van der Waals surface area (Å²) in [5.41, 5.74) is 0. The minimum Gasteiger partial charge on any atom is -0.356 e. The molecule has 0 bridgehead atoms. The van der Waals surface area contributed by atoms with Crippen LogP contribution in [-0.4, -0.2) is 50.1 Å². The molecule has 1 saturated heterocycles. The SMILES string of the molecule is CN=C(NCC1CCCN(CC(C)C)C1)NC(C)C(C)C.I. The average Bonchev–Trinajstić information content (AvgIpc) is 2.42. The number of hydrogen-bond donors (Lipinski definition) is 2. The van der Waals surface area contributed by atoms with Crippen LogP contribution < -0.4 is 10.6 Å². The minimum absolute atomic E-state index is 0. The second kappa shape index (κ2) is 11.5. The van der Waals surface area contributed by atoms with E-state index in [1.165, 1.54) is 32.5 Å². The number of nitrogens with zero attached hydrogens (tertiary/aromatic N) is 2. The van der Waals surface area contributed by atoms with E-state index < -0.39 is 0 Å². The molecule has 1 heterocycles. The van der Waals surface area contributed by atoms with Crippen LogP contribution >= 0.6 is 24.0 Å². The van der Waals surface area contributed by atoms with Gasteiger partial charge >= 0.3 is 0 Å². The van der Waals surface area contributed by atoms with Crippen LogP contribution in [0.1, 0.15) is 47.5 Å². The molecule has 0 amide bonds. The fourth-order valence-electron chi connectivity index (χ4n) is 2.82. The van der Waals surface area contributed by atoms with Gasteiger partial charge in [-0.1, -0.05) is 27.7 Å². The zero-order chi connectivity index (χ0) is 15.8. The Labute approximate surface area is 154 Å². The minimum atomic E-state index is 0. The smallest absolute Gasteiger partial charge is 0.191 e. The number of rotatable bonds is 6. The van der Waals surface area contributed by atoms with Crippen molar-refractivity contribution in [3.8, 4) is 0 Å². The Morgan fingerprint density at radius 3 is 2.45 bits per heavy atom. The third-order valence-electron chi connectivity index (χ3n) is 4.37. The van der Waals surface area contributed by atoms with Crippen molar-refractivity contribution in [2.24, 2.45) is 22.7 Å². The van der Waals surface area contributed by atoms with Crippen molar-refractivity contribution >= 4 is 29.9 Å². The van der Waals surface area contributed by atoms with Crippen molar-refractivity contribution in [1.82, 2.24) is 15.5 Å². The lowest BCUT2D eigenvalue weighted by Crippen LogP contribution is -2.48. The van der Waals surface area contributed by atoms with Gasteiger partial charge in [0.2, 0.25) is 0 Å². The molecule has 0 aromatic carbocycles. The first-order valence-corrected chi connectivity index (χ1v) is 8.61. The fraction of sp³-hybridized carbons (Fsp3) is 0.941. The van der Waals surface area contributed by atoms with Gasteiger partial charge in [-0.25, -0.2) is 0 Å². The molecule has 2 N–H and O–H groups in total. The van der Waals surface area contributed by atoms with E-state index in [0.29, 0.717) is 12.0 Å². The summed E-state index contributed by atoms with van der Waals surface area (Å²) >= 11 is 0. The van der Waals surface area contributed by atoms with Crippen LogP contribution in [0.4, 0.5) is 0 Å². The number of piperidine rings is 1. The molecule has 1 aliphatic rings. The van der Waals surface area contributed by atoms with Crippen molar-refractivity contribution in [2.75, 3.05) is 33.2 Å². The van der Waals surface area contributed by atoms with Crippen LogP contribution in [0.5, 0.6) is 0 Å². The summed E-state index contributed by atoms with van der Waals surface area (Å²) in [5.74, 6) is 3.06. The van der Waals surface area contributed by atoms with Gasteiger partial charge in [-0.15, -0.1) is 24.0 Å². The van der Waals surface area contributed by atoms with Gasteiger partial charge in [0.15, 0.2) is 5.96 Å². The molecule has 2 unspecified atom stereocenters. The topological polar surface area (TPSA) is 39.7 Å². The van der Waals surface area contributed by atoms with E-state index in [-0.39, 0.29) is 24.0 Å². The number of likely N-dealkylation sites (tertiary alicyclic amines) is 1. The van der Waals surface area contributed by atoms with Crippen molar-refractivity contribution in [3.63, 3.8) is 0 Å². The number of halogens is 1. The van der Waals surface area contributed by atoms with E-state index in [2.05, 4.69) is 55.1 Å². The van der Waals surface area contributed by atoms with Gasteiger partial charge in [0.05, 0.1) is 0 Å². The molecule has 0 saturated carbocycles. The van der Waals surface area contributed by atoms with Crippen LogP contribution in [0.3, 0.4) is 0 Å². The van der Waals surface area contributed by atoms with Crippen molar-refractivity contribution in [1.29, 1.82) is 0 Å². The molecule has 22 heavy (non-hydrogen) atoms. The summed E-state index contributed by atoms with van der Waals surface area (Å²) < 4.78 is 0. The number of guanidine groups is 1. The van der Waals surface area contributed by atoms with Gasteiger partial charge in [-0.05, 0) is 44.1 Å². The number of aliphatic imine (C=N–C) groups is 1. The highest BCUT2D eigenvalue weighted by Gasteiger charge is 2.20. The van der Waals surface area contributed by atoms with Crippen molar-refractivity contribution in [2.45, 2.75) is 53.5 Å². The molecule has 132 valence electrons. The van der Waals surface area contributed by atoms with Gasteiger partial charge in [-0.2, -0.15) is 0 Å². The Morgan fingerprint density at radius 1 is 1.23 bits per heavy atom. The Bertz CT molecular complexity index is 318. The summed E-state index contributed by atoms with van der Waals surface area (Å²) in [4.78, 5) is 6.96. The third kappa shape index (κ3) is 8.56. The van der Waals surface area contributed by atoms with Crippen LogP contribution in [0, 0.1) is 17.8 Å². The average molecular weight is 424 g/mol. The molecule has 0 radical (unpaired) electrons. The number of nitrogens with one attached hydrogen (secondary N) is 2. The Hall–Kier alpha value is -0.0400. The van der Waals surface area contributed by atoms with Crippen LogP contribution in [0.15, 0.2) is 4.99 Å². The third-order valence-corrected chi connectivity index (χ3v) is 4.37.